The number of fused-ring (bicyclic) bond motifs is 1. The van der Waals surface area contributed by atoms with Crippen LogP contribution >= 0.6 is 0 Å². The number of carbonyl (C=O) groups is 2. The number of rotatable bonds is 0. The van der Waals surface area contributed by atoms with Crippen LogP contribution in [0.4, 0.5) is 0 Å². The Morgan fingerprint density at radius 1 is 1.55 bits per heavy atom. The maximum Gasteiger partial charge on any atom is 0.310 e. The van der Waals surface area contributed by atoms with Gasteiger partial charge in [0.25, 0.3) is 0 Å². The van der Waals surface area contributed by atoms with E-state index in [9.17, 15) is 9.59 Å². The summed E-state index contributed by atoms with van der Waals surface area (Å²) < 4.78 is 4.83. The van der Waals surface area contributed by atoms with Crippen LogP contribution in [0.25, 0.3) is 0 Å². The number of ketones is 1. The number of hydrogen-bond donors (Lipinski definition) is 0. The van der Waals surface area contributed by atoms with Crippen LogP contribution in [-0.4, -0.2) is 18.4 Å². The molecule has 0 bridgehead atoms. The van der Waals surface area contributed by atoms with Crippen LogP contribution in [0.5, 0.6) is 0 Å². The molecule has 0 aromatic carbocycles. The van der Waals surface area contributed by atoms with Crippen LogP contribution in [0, 0.1) is 11.3 Å². The van der Waals surface area contributed by atoms with Gasteiger partial charge in [0.2, 0.25) is 0 Å². The lowest BCUT2D eigenvalue weighted by Gasteiger charge is -2.46. The van der Waals surface area contributed by atoms with Gasteiger partial charge in [-0.3, -0.25) is 9.59 Å². The van der Waals surface area contributed by atoms with E-state index in [0.29, 0.717) is 19.4 Å². The fraction of sp³-hybridized carbons (Fsp3) is 0.750. The van der Waals surface area contributed by atoms with E-state index in [1.165, 1.54) is 0 Å². The van der Waals surface area contributed by atoms with Crippen molar-refractivity contribution in [1.82, 2.24) is 0 Å². The zero-order chi connectivity index (χ0) is 8.06. The van der Waals surface area contributed by atoms with Gasteiger partial charge in [0.1, 0.15) is 5.78 Å². The maximum absolute atomic E-state index is 11.1. The summed E-state index contributed by atoms with van der Waals surface area (Å²) in [5.74, 6) is -0.0961. The largest absolute Gasteiger partial charge is 0.465 e. The quantitative estimate of drug-likeness (QED) is 0.478. The third kappa shape index (κ3) is 0.682. The summed E-state index contributed by atoms with van der Waals surface area (Å²) in [5.41, 5.74) is -0.366. The van der Waals surface area contributed by atoms with Gasteiger partial charge in [0, 0.05) is 11.8 Å². The molecule has 1 heterocycles. The third-order valence-corrected chi connectivity index (χ3v) is 2.95. The predicted molar refractivity (Wildman–Crippen MR) is 36.8 cm³/mol. The number of cyclic esters (lactones) is 1. The van der Waals surface area contributed by atoms with Crippen molar-refractivity contribution >= 4 is 11.8 Å². The lowest BCUT2D eigenvalue weighted by molar-refractivity contribution is -0.179. The van der Waals surface area contributed by atoms with Gasteiger partial charge in [0.05, 0.1) is 12.5 Å². The highest BCUT2D eigenvalue weighted by Crippen LogP contribution is 2.48. The summed E-state index contributed by atoms with van der Waals surface area (Å²) in [4.78, 5) is 22.2. The fourth-order valence-electron chi connectivity index (χ4n) is 1.83. The van der Waals surface area contributed by atoms with Crippen molar-refractivity contribution in [3.8, 4) is 0 Å². The second-order valence-corrected chi connectivity index (χ2v) is 3.51. The lowest BCUT2D eigenvalue weighted by Crippen LogP contribution is -2.55. The van der Waals surface area contributed by atoms with E-state index in [1.807, 2.05) is 6.92 Å². The average molecular weight is 154 g/mol. The van der Waals surface area contributed by atoms with Crippen molar-refractivity contribution in [1.29, 1.82) is 0 Å². The molecule has 11 heavy (non-hydrogen) atoms. The molecule has 0 aromatic rings. The monoisotopic (exact) mass is 154 g/mol. The van der Waals surface area contributed by atoms with Gasteiger partial charge >= 0.3 is 5.97 Å². The van der Waals surface area contributed by atoms with Crippen LogP contribution in [-0.2, 0) is 14.3 Å². The summed E-state index contributed by atoms with van der Waals surface area (Å²) in [7, 11) is 0. The first-order chi connectivity index (χ1) is 5.14. The number of Topliss-reactive ketones (excluding diaryl/α,β-unsaturated/α-hetero) is 1. The molecule has 2 atom stereocenters. The molecule has 0 spiro atoms. The Labute approximate surface area is 64.7 Å². The zero-order valence-electron chi connectivity index (χ0n) is 6.42. The van der Waals surface area contributed by atoms with Crippen LogP contribution in [0.3, 0.4) is 0 Å². The van der Waals surface area contributed by atoms with E-state index in [2.05, 4.69) is 0 Å². The second kappa shape index (κ2) is 1.84. The minimum atomic E-state index is -0.366. The lowest BCUT2D eigenvalue weighted by atomic mass is 9.58. The van der Waals surface area contributed by atoms with Crippen LogP contribution in [0.15, 0.2) is 0 Å². The van der Waals surface area contributed by atoms with Crippen LogP contribution in [0.2, 0.25) is 0 Å². The molecule has 0 aromatic heterocycles. The summed E-state index contributed by atoms with van der Waals surface area (Å²) in [5, 5.41) is 0. The molecule has 0 amide bonds. The summed E-state index contributed by atoms with van der Waals surface area (Å²) in [6, 6.07) is 0. The van der Waals surface area contributed by atoms with Crippen molar-refractivity contribution in [2.24, 2.45) is 11.3 Å². The molecule has 0 N–H and O–H groups in total. The number of carbonyl (C=O) groups excluding carboxylic acids is 2. The van der Waals surface area contributed by atoms with Crippen molar-refractivity contribution < 1.29 is 14.3 Å². The van der Waals surface area contributed by atoms with Crippen molar-refractivity contribution in [2.75, 3.05) is 6.61 Å². The van der Waals surface area contributed by atoms with Gasteiger partial charge in [-0.05, 0) is 6.42 Å². The summed E-state index contributed by atoms with van der Waals surface area (Å²) in [6.45, 7) is 2.28. The molecule has 1 aliphatic carbocycles. The van der Waals surface area contributed by atoms with Crippen molar-refractivity contribution in [2.45, 2.75) is 19.8 Å². The van der Waals surface area contributed by atoms with E-state index in [0.717, 1.165) is 0 Å². The maximum atomic E-state index is 11.1. The Morgan fingerprint density at radius 2 is 2.27 bits per heavy atom. The van der Waals surface area contributed by atoms with Crippen LogP contribution in [0.1, 0.15) is 19.8 Å². The number of hydrogen-bond acceptors (Lipinski definition) is 3. The topological polar surface area (TPSA) is 43.4 Å². The zero-order valence-corrected chi connectivity index (χ0v) is 6.42. The molecule has 1 saturated heterocycles. The smallest absolute Gasteiger partial charge is 0.310 e. The molecular weight excluding hydrogens is 144 g/mol. The molecule has 1 aliphatic heterocycles. The third-order valence-electron chi connectivity index (χ3n) is 2.95. The highest BCUT2D eigenvalue weighted by atomic mass is 16.5. The molecule has 3 nitrogen and oxygen atoms in total. The number of esters is 1. The van der Waals surface area contributed by atoms with Gasteiger partial charge in [-0.1, -0.05) is 6.92 Å². The Morgan fingerprint density at radius 3 is 2.82 bits per heavy atom. The molecule has 3 heteroatoms. The van der Waals surface area contributed by atoms with Gasteiger partial charge in [0.15, 0.2) is 0 Å². The second-order valence-electron chi connectivity index (χ2n) is 3.51. The first kappa shape index (κ1) is 6.83. The van der Waals surface area contributed by atoms with Gasteiger partial charge in [-0.15, -0.1) is 0 Å². The molecule has 2 unspecified atom stereocenters. The summed E-state index contributed by atoms with van der Waals surface area (Å²) in [6.07, 6.45) is 1.11. The first-order valence-corrected chi connectivity index (χ1v) is 3.84. The molecule has 2 aliphatic rings. The van der Waals surface area contributed by atoms with E-state index in [-0.39, 0.29) is 23.1 Å². The minimum absolute atomic E-state index is 0.135. The molecular formula is C8H10O3. The van der Waals surface area contributed by atoms with Crippen LogP contribution < -0.4 is 0 Å². The van der Waals surface area contributed by atoms with E-state index >= 15 is 0 Å². The Balaban J connectivity index is 2.25. The summed E-state index contributed by atoms with van der Waals surface area (Å²) >= 11 is 0. The van der Waals surface area contributed by atoms with E-state index in [1.54, 1.807) is 0 Å². The standard InChI is InChI=1S/C8H10O3/c1-8-2-3-11-7(10)5(8)4-6(8)9/h5H,2-4H2,1H3. The Hall–Kier alpha value is -0.860. The predicted octanol–water partition coefficient (Wildman–Crippen LogP) is 0.529. The van der Waals surface area contributed by atoms with E-state index < -0.39 is 0 Å². The fourth-order valence-corrected chi connectivity index (χ4v) is 1.83. The van der Waals surface area contributed by atoms with Gasteiger partial charge in [-0.25, -0.2) is 0 Å². The molecule has 2 fully saturated rings. The molecule has 60 valence electrons. The van der Waals surface area contributed by atoms with Gasteiger partial charge in [-0.2, -0.15) is 0 Å². The Kier molecular flexibility index (Phi) is 1.14. The SMILES string of the molecule is CC12CCOC(=O)C1CC2=O. The average Bonchev–Trinajstić information content (AvgIpc) is 1.97. The minimum Gasteiger partial charge on any atom is -0.465 e. The Bertz CT molecular complexity index is 233. The highest BCUT2D eigenvalue weighted by molar-refractivity contribution is 6.00. The van der Waals surface area contributed by atoms with Gasteiger partial charge < -0.3 is 4.74 Å². The first-order valence-electron chi connectivity index (χ1n) is 3.84. The highest BCUT2D eigenvalue weighted by Gasteiger charge is 2.57. The van der Waals surface area contributed by atoms with Crippen molar-refractivity contribution in [3.63, 3.8) is 0 Å². The molecule has 1 saturated carbocycles. The number of ether oxygens (including phenoxy) is 1. The van der Waals surface area contributed by atoms with E-state index in [4.69, 9.17) is 4.74 Å². The molecule has 0 radical (unpaired) electrons. The normalized spacial score (nSPS) is 42.5. The molecule has 2 rings (SSSR count). The van der Waals surface area contributed by atoms with Crippen molar-refractivity contribution in [3.05, 3.63) is 0 Å².